The minimum absolute atomic E-state index is 0.00234. The summed E-state index contributed by atoms with van der Waals surface area (Å²) in [4.78, 5) is 39.7. The first-order valence-electron chi connectivity index (χ1n) is 11.9. The number of hydrogen-bond donors (Lipinski definition) is 3. The van der Waals surface area contributed by atoms with Crippen LogP contribution in [0.15, 0.2) is 72.9 Å². The third-order valence-corrected chi connectivity index (χ3v) is 7.01. The second kappa shape index (κ2) is 10.3. The highest BCUT2D eigenvalue weighted by Crippen LogP contribution is 2.33. The van der Waals surface area contributed by atoms with Crippen molar-refractivity contribution in [3.63, 3.8) is 0 Å². The van der Waals surface area contributed by atoms with E-state index in [1.54, 1.807) is 65.2 Å². The molecular formula is C28H24ClFN4O4. The Hall–Kier alpha value is -4.21. The smallest absolute Gasteiger partial charge is 0.250 e. The average molecular weight is 535 g/mol. The summed E-state index contributed by atoms with van der Waals surface area (Å²) in [5, 5.41) is 13.8. The van der Waals surface area contributed by atoms with Gasteiger partial charge in [-0.3, -0.25) is 14.4 Å². The number of anilines is 1. The van der Waals surface area contributed by atoms with Crippen LogP contribution in [0.2, 0.25) is 5.02 Å². The minimum atomic E-state index is -1.02. The lowest BCUT2D eigenvalue weighted by Gasteiger charge is -2.24. The van der Waals surface area contributed by atoms with Crippen LogP contribution in [-0.4, -0.2) is 51.0 Å². The Kier molecular flexibility index (Phi) is 6.88. The number of nitrogens with two attached hydrogens (primary N) is 1. The van der Waals surface area contributed by atoms with E-state index in [2.05, 4.69) is 5.32 Å². The molecular weight excluding hydrogens is 511 g/mol. The van der Waals surface area contributed by atoms with Crippen LogP contribution >= 0.6 is 11.6 Å². The van der Waals surface area contributed by atoms with E-state index in [9.17, 15) is 19.5 Å². The fourth-order valence-corrected chi connectivity index (χ4v) is 5.12. The third kappa shape index (κ3) is 4.73. The van der Waals surface area contributed by atoms with Crippen molar-refractivity contribution >= 4 is 45.9 Å². The maximum Gasteiger partial charge on any atom is 0.250 e. The van der Waals surface area contributed by atoms with Crippen molar-refractivity contribution in [2.75, 3.05) is 11.9 Å². The highest BCUT2D eigenvalue weighted by atomic mass is 35.5. The molecule has 1 aromatic heterocycles. The lowest BCUT2D eigenvalue weighted by molar-refractivity contribution is -0.137. The van der Waals surface area contributed by atoms with Gasteiger partial charge in [0.15, 0.2) is 5.82 Å². The molecule has 2 heterocycles. The zero-order chi connectivity index (χ0) is 27.0. The van der Waals surface area contributed by atoms with E-state index in [1.165, 1.54) is 17.2 Å². The number of carbonyl (C=O) groups excluding carboxylic acids is 3. The molecule has 10 heteroatoms. The van der Waals surface area contributed by atoms with Gasteiger partial charge >= 0.3 is 0 Å². The Balaban J connectivity index is 1.38. The number of aliphatic hydroxyl groups excluding tert-OH is 1. The molecule has 0 aliphatic carbocycles. The zero-order valence-corrected chi connectivity index (χ0v) is 20.9. The van der Waals surface area contributed by atoms with Crippen molar-refractivity contribution in [1.82, 2.24) is 9.47 Å². The first-order valence-corrected chi connectivity index (χ1v) is 12.3. The second-order valence-electron chi connectivity index (χ2n) is 9.14. The number of halogens is 2. The van der Waals surface area contributed by atoms with E-state index in [0.717, 1.165) is 0 Å². The van der Waals surface area contributed by atoms with Gasteiger partial charge in [-0.25, -0.2) is 4.39 Å². The van der Waals surface area contributed by atoms with Crippen LogP contribution in [0.3, 0.4) is 0 Å². The number of nitrogens with zero attached hydrogens (tertiary/aromatic N) is 2. The summed E-state index contributed by atoms with van der Waals surface area (Å²) in [6, 6.07) is 17.4. The van der Waals surface area contributed by atoms with Crippen molar-refractivity contribution in [3.05, 3.63) is 89.3 Å². The number of nitrogens with one attached hydrogen (secondary N) is 1. The average Bonchev–Trinajstić information content (AvgIpc) is 3.47. The summed E-state index contributed by atoms with van der Waals surface area (Å²) in [7, 11) is 0. The van der Waals surface area contributed by atoms with E-state index in [-0.39, 0.29) is 36.3 Å². The van der Waals surface area contributed by atoms with Gasteiger partial charge in [-0.1, -0.05) is 60.1 Å². The predicted molar refractivity (Wildman–Crippen MR) is 142 cm³/mol. The molecule has 194 valence electrons. The molecule has 2 atom stereocenters. The number of β-amino-alcohol motifs (C(OH)–C–C–N with tert-alkyl or cyclic N) is 1. The van der Waals surface area contributed by atoms with E-state index in [0.29, 0.717) is 21.5 Å². The molecule has 4 N–H and O–H groups in total. The number of aliphatic hydroxyl groups is 1. The monoisotopic (exact) mass is 534 g/mol. The summed E-state index contributed by atoms with van der Waals surface area (Å²) < 4.78 is 17.0. The molecule has 0 unspecified atom stereocenters. The fourth-order valence-electron chi connectivity index (χ4n) is 4.88. The number of hydrogen-bond acceptors (Lipinski definition) is 4. The SMILES string of the molecule is NC(=O)c1cn(CC(=O)N2C[C@H](O)C[C@H]2C(=O)Nc2cccc(-c3ccccc3Cl)c2F)c2ccccc12. The minimum Gasteiger partial charge on any atom is -0.391 e. The molecule has 3 amide bonds. The van der Waals surface area contributed by atoms with Crippen molar-refractivity contribution in [1.29, 1.82) is 0 Å². The van der Waals surface area contributed by atoms with Gasteiger partial charge in [0.1, 0.15) is 12.6 Å². The molecule has 38 heavy (non-hydrogen) atoms. The van der Waals surface area contributed by atoms with Crippen molar-refractivity contribution < 1.29 is 23.9 Å². The molecule has 0 spiro atoms. The summed E-state index contributed by atoms with van der Waals surface area (Å²) in [6.07, 6.45) is 0.585. The van der Waals surface area contributed by atoms with E-state index in [4.69, 9.17) is 17.3 Å². The van der Waals surface area contributed by atoms with E-state index >= 15 is 4.39 Å². The lowest BCUT2D eigenvalue weighted by atomic mass is 10.0. The van der Waals surface area contributed by atoms with Gasteiger partial charge in [-0.05, 0) is 18.2 Å². The first kappa shape index (κ1) is 25.4. The molecule has 0 saturated carbocycles. The van der Waals surface area contributed by atoms with Crippen LogP contribution in [0.4, 0.5) is 10.1 Å². The molecule has 0 radical (unpaired) electrons. The highest BCUT2D eigenvalue weighted by molar-refractivity contribution is 6.33. The van der Waals surface area contributed by atoms with Gasteiger partial charge in [-0.15, -0.1) is 0 Å². The number of likely N-dealkylation sites (tertiary alicyclic amines) is 1. The molecule has 1 saturated heterocycles. The van der Waals surface area contributed by atoms with Gasteiger partial charge in [-0.2, -0.15) is 0 Å². The molecule has 1 fully saturated rings. The fraction of sp³-hybridized carbons (Fsp3) is 0.179. The summed E-state index contributed by atoms with van der Waals surface area (Å²) in [6.45, 7) is -0.235. The number of para-hydroxylation sites is 1. The van der Waals surface area contributed by atoms with Gasteiger partial charge in [0, 0.05) is 46.2 Å². The molecule has 1 aliphatic rings. The summed E-state index contributed by atoms with van der Waals surface area (Å²) >= 11 is 6.23. The predicted octanol–water partition coefficient (Wildman–Crippen LogP) is 3.80. The Morgan fingerprint density at radius 1 is 1.03 bits per heavy atom. The zero-order valence-electron chi connectivity index (χ0n) is 20.1. The van der Waals surface area contributed by atoms with Crippen LogP contribution in [-0.2, 0) is 16.1 Å². The second-order valence-corrected chi connectivity index (χ2v) is 9.55. The maximum atomic E-state index is 15.4. The first-order chi connectivity index (χ1) is 18.2. The van der Waals surface area contributed by atoms with Crippen LogP contribution < -0.4 is 11.1 Å². The number of rotatable bonds is 6. The Labute approximate surface area is 222 Å². The Morgan fingerprint density at radius 3 is 2.50 bits per heavy atom. The van der Waals surface area contributed by atoms with Crippen LogP contribution in [0.1, 0.15) is 16.8 Å². The van der Waals surface area contributed by atoms with E-state index < -0.39 is 35.7 Å². The van der Waals surface area contributed by atoms with Crippen LogP contribution in [0.25, 0.3) is 22.0 Å². The number of primary amides is 1. The van der Waals surface area contributed by atoms with Gasteiger partial charge in [0.05, 0.1) is 17.4 Å². The van der Waals surface area contributed by atoms with Crippen LogP contribution in [0, 0.1) is 5.82 Å². The topological polar surface area (TPSA) is 118 Å². The summed E-state index contributed by atoms with van der Waals surface area (Å²) in [5.41, 5.74) is 7.04. The van der Waals surface area contributed by atoms with E-state index in [1.807, 2.05) is 0 Å². The molecule has 8 nitrogen and oxygen atoms in total. The van der Waals surface area contributed by atoms with Gasteiger partial charge < -0.3 is 25.6 Å². The molecule has 1 aliphatic heterocycles. The standard InChI is InChI=1S/C28H24ClFN4O4/c29-21-9-3-1-6-17(21)19-8-5-10-22(26(19)30)32-28(38)24-12-16(35)13-34(24)25(36)15-33-14-20(27(31)37)18-7-2-4-11-23(18)33/h1-11,14,16,24,35H,12-13,15H2,(H2,31,37)(H,32,38)/t16-,24+/m1/s1. The number of benzene rings is 3. The third-order valence-electron chi connectivity index (χ3n) is 6.68. The number of aromatic nitrogens is 1. The Morgan fingerprint density at radius 2 is 1.74 bits per heavy atom. The van der Waals surface area contributed by atoms with Gasteiger partial charge in [0.2, 0.25) is 11.8 Å². The Bertz CT molecular complexity index is 1570. The number of carbonyl (C=O) groups is 3. The largest absolute Gasteiger partial charge is 0.391 e. The lowest BCUT2D eigenvalue weighted by Crippen LogP contribution is -2.44. The molecule has 4 aromatic rings. The van der Waals surface area contributed by atoms with Gasteiger partial charge in [0.25, 0.3) is 5.91 Å². The molecule has 0 bridgehead atoms. The molecule has 3 aromatic carbocycles. The highest BCUT2D eigenvalue weighted by Gasteiger charge is 2.39. The molecule has 5 rings (SSSR count). The van der Waals surface area contributed by atoms with Crippen molar-refractivity contribution in [2.45, 2.75) is 25.1 Å². The number of fused-ring (bicyclic) bond motifs is 1. The van der Waals surface area contributed by atoms with Crippen LogP contribution in [0.5, 0.6) is 0 Å². The maximum absolute atomic E-state index is 15.4. The van der Waals surface area contributed by atoms with Crippen molar-refractivity contribution in [2.24, 2.45) is 5.73 Å². The van der Waals surface area contributed by atoms with Crippen molar-refractivity contribution in [3.8, 4) is 11.1 Å². The quantitative estimate of drug-likeness (QED) is 0.349. The summed E-state index contributed by atoms with van der Waals surface area (Å²) in [5.74, 6) is -2.35. The number of amides is 3. The normalized spacial score (nSPS) is 17.1.